The summed E-state index contributed by atoms with van der Waals surface area (Å²) >= 11 is 5.87. The number of ether oxygens (including phenoxy) is 1. The Hall–Kier alpha value is -0.800. The fourth-order valence-electron chi connectivity index (χ4n) is 2.61. The lowest BCUT2D eigenvalue weighted by molar-refractivity contribution is 0.363. The maximum absolute atomic E-state index is 5.95. The summed E-state index contributed by atoms with van der Waals surface area (Å²) < 4.78 is 5.31. The molecule has 1 aromatic heterocycles. The lowest BCUT2D eigenvalue weighted by Crippen LogP contribution is -2.32. The first kappa shape index (κ1) is 11.7. The highest BCUT2D eigenvalue weighted by atomic mass is 35.5. The molecule has 4 heteroatoms. The van der Waals surface area contributed by atoms with Gasteiger partial charge in [-0.25, -0.2) is 4.98 Å². The van der Waals surface area contributed by atoms with E-state index in [0.717, 1.165) is 18.4 Å². The van der Waals surface area contributed by atoms with Gasteiger partial charge in [-0.3, -0.25) is 0 Å². The van der Waals surface area contributed by atoms with E-state index in [1.807, 2.05) is 12.1 Å². The summed E-state index contributed by atoms with van der Waals surface area (Å²) in [5.74, 6) is 0.625. The van der Waals surface area contributed by atoms with E-state index < -0.39 is 0 Å². The summed E-state index contributed by atoms with van der Waals surface area (Å²) in [5, 5.41) is 0.464. The lowest BCUT2D eigenvalue weighted by Gasteiger charge is -2.28. The minimum atomic E-state index is 0.0446. The highest BCUT2D eigenvalue weighted by Gasteiger charge is 2.37. The van der Waals surface area contributed by atoms with Crippen LogP contribution in [0.3, 0.4) is 0 Å². The third-order valence-corrected chi connectivity index (χ3v) is 3.75. The Morgan fingerprint density at radius 3 is 2.69 bits per heavy atom. The predicted octanol–water partition coefficient (Wildman–Crippen LogP) is 2.51. The molecule has 0 unspecified atom stereocenters. The quantitative estimate of drug-likeness (QED) is 0.826. The zero-order chi connectivity index (χ0) is 11.6. The van der Waals surface area contributed by atoms with E-state index >= 15 is 0 Å². The molecule has 1 aliphatic carbocycles. The molecule has 16 heavy (non-hydrogen) atoms. The monoisotopic (exact) mass is 240 g/mol. The van der Waals surface area contributed by atoms with Crippen LogP contribution in [0.25, 0.3) is 0 Å². The smallest absolute Gasteiger partial charge is 0.218 e. The highest BCUT2D eigenvalue weighted by Crippen LogP contribution is 2.43. The van der Waals surface area contributed by atoms with Crippen molar-refractivity contribution in [2.75, 3.05) is 13.7 Å². The maximum Gasteiger partial charge on any atom is 0.218 e. The van der Waals surface area contributed by atoms with Gasteiger partial charge in [-0.1, -0.05) is 24.4 Å². The largest absolute Gasteiger partial charge is 0.481 e. The van der Waals surface area contributed by atoms with E-state index in [0.29, 0.717) is 17.6 Å². The number of hydrogen-bond donors (Lipinski definition) is 1. The van der Waals surface area contributed by atoms with Crippen LogP contribution in [-0.4, -0.2) is 18.6 Å². The van der Waals surface area contributed by atoms with Crippen molar-refractivity contribution in [3.05, 3.63) is 22.8 Å². The Kier molecular flexibility index (Phi) is 3.36. The summed E-state index contributed by atoms with van der Waals surface area (Å²) in [7, 11) is 1.63. The number of rotatable bonds is 3. The first-order valence-electron chi connectivity index (χ1n) is 5.63. The average molecular weight is 241 g/mol. The van der Waals surface area contributed by atoms with Crippen molar-refractivity contribution in [3.8, 4) is 5.88 Å². The second-order valence-electron chi connectivity index (χ2n) is 4.38. The van der Waals surface area contributed by atoms with Gasteiger partial charge in [0.15, 0.2) is 0 Å². The third-order valence-electron chi connectivity index (χ3n) is 3.54. The first-order chi connectivity index (χ1) is 7.72. The first-order valence-corrected chi connectivity index (χ1v) is 6.01. The van der Waals surface area contributed by atoms with Gasteiger partial charge in [-0.2, -0.15) is 0 Å². The molecular formula is C12H17ClN2O. The van der Waals surface area contributed by atoms with Crippen molar-refractivity contribution < 1.29 is 4.74 Å². The molecule has 2 N–H and O–H groups in total. The molecule has 1 aromatic rings. The zero-order valence-corrected chi connectivity index (χ0v) is 10.3. The standard InChI is InChI=1S/C12H17ClN2O/c1-16-11-9(4-5-10(13)15-11)12(8-14)6-2-3-7-12/h4-5H,2-3,6-8,14H2,1H3. The Morgan fingerprint density at radius 2 is 2.12 bits per heavy atom. The fourth-order valence-corrected chi connectivity index (χ4v) is 2.75. The fraction of sp³-hybridized carbons (Fsp3) is 0.583. The molecule has 0 bridgehead atoms. The molecular weight excluding hydrogens is 224 g/mol. The molecule has 0 atom stereocenters. The van der Waals surface area contributed by atoms with Crippen LogP contribution in [0.4, 0.5) is 0 Å². The van der Waals surface area contributed by atoms with Crippen LogP contribution in [-0.2, 0) is 5.41 Å². The number of pyridine rings is 1. The number of halogens is 1. The lowest BCUT2D eigenvalue weighted by atomic mass is 9.79. The van der Waals surface area contributed by atoms with Crippen molar-refractivity contribution in [2.24, 2.45) is 5.73 Å². The molecule has 1 saturated carbocycles. The normalized spacial score (nSPS) is 18.7. The van der Waals surface area contributed by atoms with Crippen molar-refractivity contribution >= 4 is 11.6 Å². The number of aromatic nitrogens is 1. The SMILES string of the molecule is COc1nc(Cl)ccc1C1(CN)CCCC1. The Morgan fingerprint density at radius 1 is 1.44 bits per heavy atom. The van der Waals surface area contributed by atoms with E-state index in [4.69, 9.17) is 22.1 Å². The molecule has 0 spiro atoms. The predicted molar refractivity (Wildman–Crippen MR) is 65.0 cm³/mol. The third kappa shape index (κ3) is 1.89. The molecule has 1 fully saturated rings. The minimum Gasteiger partial charge on any atom is -0.481 e. The molecule has 0 radical (unpaired) electrons. The van der Waals surface area contributed by atoms with Crippen LogP contribution < -0.4 is 10.5 Å². The molecule has 0 amide bonds. The number of methoxy groups -OCH3 is 1. The Balaban J connectivity index is 2.45. The van der Waals surface area contributed by atoms with Gasteiger partial charge in [0, 0.05) is 17.5 Å². The van der Waals surface area contributed by atoms with Gasteiger partial charge in [0.1, 0.15) is 5.15 Å². The Labute approximate surface area is 101 Å². The average Bonchev–Trinajstić information content (AvgIpc) is 2.78. The van der Waals surface area contributed by atoms with E-state index in [-0.39, 0.29) is 5.41 Å². The van der Waals surface area contributed by atoms with Gasteiger partial charge >= 0.3 is 0 Å². The van der Waals surface area contributed by atoms with Gasteiger partial charge in [0.05, 0.1) is 7.11 Å². The molecule has 2 rings (SSSR count). The maximum atomic E-state index is 5.95. The summed E-state index contributed by atoms with van der Waals surface area (Å²) in [4.78, 5) is 4.22. The summed E-state index contributed by atoms with van der Waals surface area (Å²) in [6.45, 7) is 0.646. The van der Waals surface area contributed by atoms with Gasteiger partial charge < -0.3 is 10.5 Å². The van der Waals surface area contributed by atoms with Crippen molar-refractivity contribution in [2.45, 2.75) is 31.1 Å². The summed E-state index contributed by atoms with van der Waals surface area (Å²) in [5.41, 5.74) is 7.10. The van der Waals surface area contributed by atoms with E-state index in [1.165, 1.54) is 12.8 Å². The van der Waals surface area contributed by atoms with Crippen LogP contribution >= 0.6 is 11.6 Å². The van der Waals surface area contributed by atoms with Gasteiger partial charge in [-0.05, 0) is 25.0 Å². The molecule has 0 saturated heterocycles. The molecule has 0 aliphatic heterocycles. The second kappa shape index (κ2) is 4.60. The minimum absolute atomic E-state index is 0.0446. The number of nitrogens with two attached hydrogens (primary N) is 1. The van der Waals surface area contributed by atoms with Gasteiger partial charge in [0.2, 0.25) is 5.88 Å². The molecule has 1 aliphatic rings. The van der Waals surface area contributed by atoms with E-state index in [1.54, 1.807) is 7.11 Å². The summed E-state index contributed by atoms with van der Waals surface area (Å²) in [6.07, 6.45) is 4.68. The van der Waals surface area contributed by atoms with E-state index in [9.17, 15) is 0 Å². The Bertz CT molecular complexity index is 375. The highest BCUT2D eigenvalue weighted by molar-refractivity contribution is 6.29. The van der Waals surface area contributed by atoms with Gasteiger partial charge in [-0.15, -0.1) is 0 Å². The number of hydrogen-bond acceptors (Lipinski definition) is 3. The molecule has 1 heterocycles. The van der Waals surface area contributed by atoms with Crippen LogP contribution in [0.1, 0.15) is 31.2 Å². The van der Waals surface area contributed by atoms with Crippen molar-refractivity contribution in [1.29, 1.82) is 0 Å². The van der Waals surface area contributed by atoms with Crippen molar-refractivity contribution in [3.63, 3.8) is 0 Å². The van der Waals surface area contributed by atoms with Crippen LogP contribution in [0.5, 0.6) is 5.88 Å². The molecule has 0 aromatic carbocycles. The van der Waals surface area contributed by atoms with Crippen molar-refractivity contribution in [1.82, 2.24) is 4.98 Å². The van der Waals surface area contributed by atoms with Crippen LogP contribution in [0.2, 0.25) is 5.15 Å². The number of nitrogens with zero attached hydrogens (tertiary/aromatic N) is 1. The van der Waals surface area contributed by atoms with Gasteiger partial charge in [0.25, 0.3) is 0 Å². The van der Waals surface area contributed by atoms with E-state index in [2.05, 4.69) is 4.98 Å². The molecule has 88 valence electrons. The topological polar surface area (TPSA) is 48.1 Å². The molecule has 3 nitrogen and oxygen atoms in total. The van der Waals surface area contributed by atoms with Crippen LogP contribution in [0, 0.1) is 0 Å². The summed E-state index contributed by atoms with van der Waals surface area (Å²) in [6, 6.07) is 3.82. The van der Waals surface area contributed by atoms with Crippen LogP contribution in [0.15, 0.2) is 12.1 Å². The second-order valence-corrected chi connectivity index (χ2v) is 4.77. The zero-order valence-electron chi connectivity index (χ0n) is 9.50.